The number of hydrogen-bond donors (Lipinski definition) is 2. The van der Waals surface area contributed by atoms with Crippen molar-refractivity contribution in [1.29, 1.82) is 0 Å². The van der Waals surface area contributed by atoms with E-state index in [4.69, 9.17) is 27.9 Å². The zero-order chi connectivity index (χ0) is 14.5. The van der Waals surface area contributed by atoms with Crippen LogP contribution in [0.15, 0.2) is 18.2 Å². The number of ether oxygens (including phenoxy) is 1. The van der Waals surface area contributed by atoms with Crippen LogP contribution in [0.5, 0.6) is 0 Å². The normalized spacial score (nSPS) is 21.9. The second-order valence-corrected chi connectivity index (χ2v) is 5.94. The molecule has 0 amide bonds. The van der Waals surface area contributed by atoms with Crippen LogP contribution >= 0.6 is 23.2 Å². The molecule has 2 rings (SSSR count). The minimum Gasteiger partial charge on any atom is -0.387 e. The Balaban J connectivity index is 1.80. The van der Waals surface area contributed by atoms with Gasteiger partial charge in [-0.05, 0) is 25.2 Å². The molecule has 1 fully saturated rings. The summed E-state index contributed by atoms with van der Waals surface area (Å²) in [7, 11) is 2.08. The molecule has 1 aromatic rings. The Bertz CT molecular complexity index is 445. The smallest absolute Gasteiger partial charge is 0.0929 e. The summed E-state index contributed by atoms with van der Waals surface area (Å²) in [6.07, 6.45) is -0.515. The molecule has 4 nitrogen and oxygen atoms in total. The fourth-order valence-electron chi connectivity index (χ4n) is 2.25. The molecular formula is C14H20Cl2N2O2. The molecule has 20 heavy (non-hydrogen) atoms. The first kappa shape index (κ1) is 16.0. The third-order valence-corrected chi connectivity index (χ3v) is 3.95. The van der Waals surface area contributed by atoms with E-state index in [-0.39, 0.29) is 6.10 Å². The largest absolute Gasteiger partial charge is 0.387 e. The van der Waals surface area contributed by atoms with Gasteiger partial charge in [0.25, 0.3) is 0 Å². The van der Waals surface area contributed by atoms with Gasteiger partial charge in [0.1, 0.15) is 0 Å². The monoisotopic (exact) mass is 318 g/mol. The highest BCUT2D eigenvalue weighted by Crippen LogP contribution is 2.25. The van der Waals surface area contributed by atoms with Gasteiger partial charge in [-0.2, -0.15) is 0 Å². The number of halogens is 2. The maximum atomic E-state index is 10.2. The van der Waals surface area contributed by atoms with Crippen molar-refractivity contribution in [2.24, 2.45) is 0 Å². The first-order valence-electron chi connectivity index (χ1n) is 6.70. The van der Waals surface area contributed by atoms with Crippen molar-refractivity contribution in [3.05, 3.63) is 33.8 Å². The Hall–Kier alpha value is -0.360. The van der Waals surface area contributed by atoms with E-state index < -0.39 is 6.10 Å². The van der Waals surface area contributed by atoms with Gasteiger partial charge in [0.2, 0.25) is 0 Å². The molecule has 0 spiro atoms. The highest BCUT2D eigenvalue weighted by atomic mass is 35.5. The Morgan fingerprint density at radius 1 is 1.50 bits per heavy atom. The summed E-state index contributed by atoms with van der Waals surface area (Å²) in [5.41, 5.74) is 0.647. The van der Waals surface area contributed by atoms with E-state index in [0.29, 0.717) is 28.7 Å². The number of nitrogens with zero attached hydrogens (tertiary/aromatic N) is 1. The lowest BCUT2D eigenvalue weighted by Crippen LogP contribution is -2.45. The number of rotatable bonds is 5. The molecule has 0 unspecified atom stereocenters. The molecule has 0 aliphatic carbocycles. The van der Waals surface area contributed by atoms with E-state index in [0.717, 1.165) is 19.7 Å². The number of aliphatic hydroxyl groups excluding tert-OH is 1. The standard InChI is InChI=1S/C14H20Cl2N2O2/c1-18-4-5-20-11(9-18)7-17-8-14(19)12-6-10(15)2-3-13(12)16/h2-3,6,11,14,17,19H,4-5,7-9H2,1H3/t11-,14+/m1/s1. The number of nitrogens with one attached hydrogen (secondary N) is 1. The van der Waals surface area contributed by atoms with Gasteiger partial charge in [-0.15, -0.1) is 0 Å². The quantitative estimate of drug-likeness (QED) is 0.871. The van der Waals surface area contributed by atoms with Crippen molar-refractivity contribution >= 4 is 23.2 Å². The fourth-order valence-corrected chi connectivity index (χ4v) is 2.68. The maximum absolute atomic E-state index is 10.2. The molecule has 2 N–H and O–H groups in total. The molecule has 2 atom stereocenters. The van der Waals surface area contributed by atoms with Crippen LogP contribution in [0, 0.1) is 0 Å². The lowest BCUT2D eigenvalue weighted by molar-refractivity contribution is -0.0191. The molecule has 1 aliphatic heterocycles. The van der Waals surface area contributed by atoms with Crippen LogP contribution in [0.2, 0.25) is 10.0 Å². The van der Waals surface area contributed by atoms with E-state index >= 15 is 0 Å². The van der Waals surface area contributed by atoms with Crippen LogP contribution in [0.3, 0.4) is 0 Å². The van der Waals surface area contributed by atoms with Crippen molar-refractivity contribution < 1.29 is 9.84 Å². The van der Waals surface area contributed by atoms with Crippen LogP contribution in [-0.2, 0) is 4.74 Å². The van der Waals surface area contributed by atoms with Crippen LogP contribution in [0.4, 0.5) is 0 Å². The van der Waals surface area contributed by atoms with Crippen LogP contribution in [0.25, 0.3) is 0 Å². The van der Waals surface area contributed by atoms with E-state index in [1.807, 2.05) is 0 Å². The average molecular weight is 319 g/mol. The SMILES string of the molecule is CN1CCO[C@H](CNC[C@H](O)c2cc(Cl)ccc2Cl)C1. The molecule has 1 saturated heterocycles. The Kier molecular flexibility index (Phi) is 6.08. The predicted octanol–water partition coefficient (Wildman–Crippen LogP) is 1.95. The third-order valence-electron chi connectivity index (χ3n) is 3.37. The van der Waals surface area contributed by atoms with Crippen molar-refractivity contribution in [3.8, 4) is 0 Å². The second kappa shape index (κ2) is 7.59. The Morgan fingerprint density at radius 2 is 2.30 bits per heavy atom. The Morgan fingerprint density at radius 3 is 3.05 bits per heavy atom. The molecule has 0 aromatic heterocycles. The van der Waals surface area contributed by atoms with Crippen molar-refractivity contribution in [1.82, 2.24) is 10.2 Å². The molecular weight excluding hydrogens is 299 g/mol. The molecule has 0 bridgehead atoms. The predicted molar refractivity (Wildman–Crippen MR) is 81.5 cm³/mol. The summed E-state index contributed by atoms with van der Waals surface area (Å²) in [5.74, 6) is 0. The van der Waals surface area contributed by atoms with Gasteiger partial charge in [0.05, 0.1) is 18.8 Å². The van der Waals surface area contributed by atoms with E-state index in [9.17, 15) is 5.11 Å². The summed E-state index contributed by atoms with van der Waals surface area (Å²) >= 11 is 12.0. The summed E-state index contributed by atoms with van der Waals surface area (Å²) in [6, 6.07) is 5.10. The first-order chi connectivity index (χ1) is 9.56. The molecule has 1 aromatic carbocycles. The summed E-state index contributed by atoms with van der Waals surface area (Å²) in [6.45, 7) is 3.76. The minimum atomic E-state index is -0.678. The molecule has 0 saturated carbocycles. The number of likely N-dealkylation sites (N-methyl/N-ethyl adjacent to an activating group) is 1. The maximum Gasteiger partial charge on any atom is 0.0929 e. The number of morpholine rings is 1. The van der Waals surface area contributed by atoms with Crippen LogP contribution in [0.1, 0.15) is 11.7 Å². The van der Waals surface area contributed by atoms with Crippen molar-refractivity contribution in [3.63, 3.8) is 0 Å². The zero-order valence-electron chi connectivity index (χ0n) is 11.5. The number of aliphatic hydroxyl groups is 1. The van der Waals surface area contributed by atoms with Gasteiger partial charge in [0.15, 0.2) is 0 Å². The van der Waals surface area contributed by atoms with Crippen molar-refractivity contribution in [2.45, 2.75) is 12.2 Å². The van der Waals surface area contributed by atoms with E-state index in [1.54, 1.807) is 18.2 Å². The molecule has 6 heteroatoms. The number of hydrogen-bond acceptors (Lipinski definition) is 4. The summed E-state index contributed by atoms with van der Waals surface area (Å²) in [5, 5.41) is 14.5. The Labute approximate surface area is 129 Å². The van der Waals surface area contributed by atoms with Crippen LogP contribution in [-0.4, -0.2) is 55.9 Å². The summed E-state index contributed by atoms with van der Waals surface area (Å²) in [4.78, 5) is 2.24. The molecule has 1 heterocycles. The lowest BCUT2D eigenvalue weighted by Gasteiger charge is -2.30. The van der Waals surface area contributed by atoms with Gasteiger partial charge < -0.3 is 20.1 Å². The topological polar surface area (TPSA) is 44.7 Å². The molecule has 112 valence electrons. The van der Waals surface area contributed by atoms with Gasteiger partial charge in [-0.1, -0.05) is 23.2 Å². The highest BCUT2D eigenvalue weighted by Gasteiger charge is 2.18. The van der Waals surface area contributed by atoms with E-state index in [1.165, 1.54) is 0 Å². The van der Waals surface area contributed by atoms with E-state index in [2.05, 4.69) is 17.3 Å². The fraction of sp³-hybridized carbons (Fsp3) is 0.571. The zero-order valence-corrected chi connectivity index (χ0v) is 13.0. The lowest BCUT2D eigenvalue weighted by atomic mass is 10.1. The minimum absolute atomic E-state index is 0.163. The van der Waals surface area contributed by atoms with Gasteiger partial charge >= 0.3 is 0 Å². The number of benzene rings is 1. The highest BCUT2D eigenvalue weighted by molar-refractivity contribution is 6.33. The first-order valence-corrected chi connectivity index (χ1v) is 7.45. The summed E-state index contributed by atoms with van der Waals surface area (Å²) < 4.78 is 5.65. The third kappa shape index (κ3) is 4.58. The second-order valence-electron chi connectivity index (χ2n) is 5.09. The van der Waals surface area contributed by atoms with Crippen LogP contribution < -0.4 is 5.32 Å². The van der Waals surface area contributed by atoms with Gasteiger partial charge in [-0.3, -0.25) is 0 Å². The molecule has 0 radical (unpaired) electrons. The van der Waals surface area contributed by atoms with Crippen molar-refractivity contribution in [2.75, 3.05) is 39.8 Å². The van der Waals surface area contributed by atoms with Gasteiger partial charge in [0, 0.05) is 41.8 Å². The molecule has 1 aliphatic rings. The van der Waals surface area contributed by atoms with Gasteiger partial charge in [-0.25, -0.2) is 0 Å². The average Bonchev–Trinajstić information content (AvgIpc) is 2.41.